The fraction of sp³-hybridized carbons (Fsp3) is 0.167. The van der Waals surface area contributed by atoms with Crippen LogP contribution in [-0.2, 0) is 4.79 Å². The molecular formula is C18H16Cl2N4OS. The Balaban J connectivity index is 1.60. The van der Waals surface area contributed by atoms with Crippen LogP contribution in [0.5, 0.6) is 0 Å². The van der Waals surface area contributed by atoms with Gasteiger partial charge in [-0.3, -0.25) is 9.36 Å². The Morgan fingerprint density at radius 2 is 1.96 bits per heavy atom. The molecule has 0 saturated heterocycles. The molecule has 2 aromatic carbocycles. The molecule has 26 heavy (non-hydrogen) atoms. The van der Waals surface area contributed by atoms with Crippen LogP contribution in [0.4, 0.5) is 0 Å². The van der Waals surface area contributed by atoms with Gasteiger partial charge in [0.05, 0.1) is 21.8 Å². The van der Waals surface area contributed by atoms with E-state index < -0.39 is 0 Å². The van der Waals surface area contributed by atoms with E-state index in [4.69, 9.17) is 23.2 Å². The quantitative estimate of drug-likeness (QED) is 0.610. The number of halogens is 2. The molecule has 134 valence electrons. The summed E-state index contributed by atoms with van der Waals surface area (Å²) in [6.45, 7) is 1.90. The van der Waals surface area contributed by atoms with Gasteiger partial charge in [0.15, 0.2) is 5.16 Å². The number of para-hydroxylation sites is 1. The van der Waals surface area contributed by atoms with Crippen LogP contribution in [0.15, 0.2) is 60.0 Å². The van der Waals surface area contributed by atoms with E-state index >= 15 is 0 Å². The summed E-state index contributed by atoms with van der Waals surface area (Å²) >= 11 is 13.3. The molecule has 3 aromatic rings. The second kappa shape index (κ2) is 8.58. The van der Waals surface area contributed by atoms with E-state index in [0.717, 1.165) is 11.3 Å². The van der Waals surface area contributed by atoms with E-state index in [-0.39, 0.29) is 17.7 Å². The highest BCUT2D eigenvalue weighted by Gasteiger charge is 2.13. The third kappa shape index (κ3) is 4.58. The highest BCUT2D eigenvalue weighted by molar-refractivity contribution is 7.99. The highest BCUT2D eigenvalue weighted by Crippen LogP contribution is 2.26. The molecule has 0 radical (unpaired) electrons. The van der Waals surface area contributed by atoms with Gasteiger partial charge in [-0.2, -0.15) is 0 Å². The average Bonchev–Trinajstić information content (AvgIpc) is 3.11. The van der Waals surface area contributed by atoms with Gasteiger partial charge in [-0.15, -0.1) is 10.2 Å². The molecule has 1 amide bonds. The van der Waals surface area contributed by atoms with Gasteiger partial charge in [0.25, 0.3) is 0 Å². The van der Waals surface area contributed by atoms with Crippen molar-refractivity contribution in [1.29, 1.82) is 0 Å². The molecule has 0 saturated carbocycles. The van der Waals surface area contributed by atoms with E-state index in [1.54, 1.807) is 18.5 Å². The number of thioether (sulfide) groups is 1. The van der Waals surface area contributed by atoms with E-state index in [2.05, 4.69) is 15.5 Å². The summed E-state index contributed by atoms with van der Waals surface area (Å²) in [6.07, 6.45) is 1.63. The molecule has 1 heterocycles. The Hall–Kier alpha value is -2.02. The largest absolute Gasteiger partial charge is 0.349 e. The van der Waals surface area contributed by atoms with Gasteiger partial charge in [0, 0.05) is 5.69 Å². The molecule has 0 fully saturated rings. The summed E-state index contributed by atoms with van der Waals surface area (Å²) in [5, 5.41) is 12.6. The zero-order valence-corrected chi connectivity index (χ0v) is 16.2. The van der Waals surface area contributed by atoms with Crippen molar-refractivity contribution < 1.29 is 4.79 Å². The first-order valence-corrected chi connectivity index (χ1v) is 9.61. The normalized spacial score (nSPS) is 12.0. The van der Waals surface area contributed by atoms with Crippen LogP contribution in [0.2, 0.25) is 10.0 Å². The molecule has 1 N–H and O–H groups in total. The van der Waals surface area contributed by atoms with E-state index in [1.807, 2.05) is 47.9 Å². The predicted octanol–water partition coefficient (Wildman–Crippen LogP) is 4.54. The van der Waals surface area contributed by atoms with Gasteiger partial charge >= 0.3 is 0 Å². The first-order valence-electron chi connectivity index (χ1n) is 7.87. The van der Waals surface area contributed by atoms with Crippen LogP contribution in [0, 0.1) is 0 Å². The third-order valence-corrected chi connectivity index (χ3v) is 5.39. The van der Waals surface area contributed by atoms with Crippen LogP contribution in [0.1, 0.15) is 18.5 Å². The highest BCUT2D eigenvalue weighted by atomic mass is 35.5. The number of carbonyl (C=O) groups is 1. The molecule has 0 spiro atoms. The molecule has 0 aliphatic rings. The van der Waals surface area contributed by atoms with E-state index in [1.165, 1.54) is 11.8 Å². The van der Waals surface area contributed by atoms with Gasteiger partial charge < -0.3 is 5.32 Å². The molecule has 8 heteroatoms. The van der Waals surface area contributed by atoms with Crippen LogP contribution in [0.25, 0.3) is 5.69 Å². The maximum absolute atomic E-state index is 12.3. The number of rotatable bonds is 6. The molecule has 3 rings (SSSR count). The molecule has 0 bridgehead atoms. The number of nitrogens with zero attached hydrogens (tertiary/aromatic N) is 3. The molecule has 1 aromatic heterocycles. The lowest BCUT2D eigenvalue weighted by Crippen LogP contribution is -2.28. The lowest BCUT2D eigenvalue weighted by atomic mass is 10.1. The van der Waals surface area contributed by atoms with Gasteiger partial charge in [0.1, 0.15) is 6.33 Å². The number of amides is 1. The van der Waals surface area contributed by atoms with Crippen LogP contribution in [0.3, 0.4) is 0 Å². The summed E-state index contributed by atoms with van der Waals surface area (Å²) in [4.78, 5) is 12.3. The Labute approximate surface area is 165 Å². The Morgan fingerprint density at radius 1 is 1.19 bits per heavy atom. The maximum Gasteiger partial charge on any atom is 0.230 e. The van der Waals surface area contributed by atoms with Crippen molar-refractivity contribution in [2.75, 3.05) is 5.75 Å². The minimum Gasteiger partial charge on any atom is -0.349 e. The van der Waals surface area contributed by atoms with Crippen LogP contribution >= 0.6 is 35.0 Å². The van der Waals surface area contributed by atoms with E-state index in [0.29, 0.717) is 15.2 Å². The fourth-order valence-corrected chi connectivity index (χ4v) is 3.41. The van der Waals surface area contributed by atoms with Gasteiger partial charge in [0.2, 0.25) is 5.91 Å². The Kier molecular flexibility index (Phi) is 6.19. The predicted molar refractivity (Wildman–Crippen MR) is 105 cm³/mol. The number of aromatic nitrogens is 3. The molecule has 5 nitrogen and oxygen atoms in total. The third-order valence-electron chi connectivity index (χ3n) is 3.70. The van der Waals surface area contributed by atoms with Crippen molar-refractivity contribution in [3.05, 3.63) is 70.5 Å². The van der Waals surface area contributed by atoms with Gasteiger partial charge in [-0.25, -0.2) is 0 Å². The van der Waals surface area contributed by atoms with E-state index in [9.17, 15) is 4.79 Å². The maximum atomic E-state index is 12.3. The minimum atomic E-state index is -0.176. The number of hydrogen-bond donors (Lipinski definition) is 1. The van der Waals surface area contributed by atoms with Crippen LogP contribution < -0.4 is 5.32 Å². The zero-order valence-electron chi connectivity index (χ0n) is 13.9. The summed E-state index contributed by atoms with van der Waals surface area (Å²) < 4.78 is 1.85. The number of hydrogen-bond acceptors (Lipinski definition) is 4. The first kappa shape index (κ1) is 18.8. The Bertz CT molecular complexity index is 901. The number of carbonyl (C=O) groups excluding carboxylic acids is 1. The summed E-state index contributed by atoms with van der Waals surface area (Å²) in [5.74, 6) is 0.133. The summed E-state index contributed by atoms with van der Waals surface area (Å²) in [5.41, 5.74) is 1.84. The van der Waals surface area contributed by atoms with Crippen molar-refractivity contribution >= 4 is 40.9 Å². The minimum absolute atomic E-state index is 0.101. The second-order valence-electron chi connectivity index (χ2n) is 5.57. The van der Waals surface area contributed by atoms with Crippen LogP contribution in [-0.4, -0.2) is 26.4 Å². The summed E-state index contributed by atoms with van der Waals surface area (Å²) in [7, 11) is 0. The first-order chi connectivity index (χ1) is 12.5. The SMILES string of the molecule is C[C@@H](NC(=O)CSc1nncn1-c1ccccc1)c1ccc(Cl)c(Cl)c1. The number of benzene rings is 2. The topological polar surface area (TPSA) is 59.8 Å². The van der Waals surface area contributed by atoms with Gasteiger partial charge in [-0.05, 0) is 36.8 Å². The molecule has 0 aliphatic carbocycles. The molecule has 1 atom stereocenters. The Morgan fingerprint density at radius 3 is 2.69 bits per heavy atom. The van der Waals surface area contributed by atoms with Crippen molar-refractivity contribution in [2.24, 2.45) is 0 Å². The van der Waals surface area contributed by atoms with Gasteiger partial charge in [-0.1, -0.05) is 59.2 Å². The average molecular weight is 407 g/mol. The fourth-order valence-electron chi connectivity index (χ4n) is 2.37. The lowest BCUT2D eigenvalue weighted by Gasteiger charge is -2.15. The standard InChI is InChI=1S/C18H16Cl2N4OS/c1-12(13-7-8-15(19)16(20)9-13)22-17(25)10-26-18-23-21-11-24(18)14-5-3-2-4-6-14/h2-9,11-12H,10H2,1H3,(H,22,25)/t12-/m1/s1. The summed E-state index contributed by atoms with van der Waals surface area (Å²) in [6, 6.07) is 14.9. The van der Waals surface area contributed by atoms with Crippen molar-refractivity contribution in [3.63, 3.8) is 0 Å². The second-order valence-corrected chi connectivity index (χ2v) is 7.33. The smallest absolute Gasteiger partial charge is 0.230 e. The monoisotopic (exact) mass is 406 g/mol. The molecule has 0 aliphatic heterocycles. The molecule has 0 unspecified atom stereocenters. The lowest BCUT2D eigenvalue weighted by molar-refractivity contribution is -0.119. The van der Waals surface area contributed by atoms with Crippen molar-refractivity contribution in [2.45, 2.75) is 18.1 Å². The zero-order chi connectivity index (χ0) is 18.5. The van der Waals surface area contributed by atoms with Crippen molar-refractivity contribution in [3.8, 4) is 5.69 Å². The van der Waals surface area contributed by atoms with Crippen molar-refractivity contribution in [1.82, 2.24) is 20.1 Å². The molecular weight excluding hydrogens is 391 g/mol. The number of nitrogens with one attached hydrogen (secondary N) is 1.